The summed E-state index contributed by atoms with van der Waals surface area (Å²) in [4.78, 5) is 16.1. The number of aliphatic imine (C=N–C) groups is 1. The summed E-state index contributed by atoms with van der Waals surface area (Å²) in [6.45, 7) is 0. The molecule has 1 unspecified atom stereocenters. The topological polar surface area (TPSA) is 65.3 Å². The van der Waals surface area contributed by atoms with E-state index in [1.165, 1.54) is 0 Å². The monoisotopic (exact) mass is 419 g/mol. The Bertz CT molecular complexity index is 1010. The number of benzene rings is 2. The van der Waals surface area contributed by atoms with Gasteiger partial charge in [0.05, 0.1) is 11.4 Å². The zero-order valence-corrected chi connectivity index (χ0v) is 16.0. The summed E-state index contributed by atoms with van der Waals surface area (Å²) in [5.74, 6) is -1.06. The predicted octanol–water partition coefficient (Wildman–Crippen LogP) is 4.96. The van der Waals surface area contributed by atoms with Gasteiger partial charge in [-0.15, -0.1) is 0 Å². The molecule has 27 heavy (non-hydrogen) atoms. The Balaban J connectivity index is 1.84. The third-order valence-corrected chi connectivity index (χ3v) is 4.93. The van der Waals surface area contributed by atoms with E-state index in [2.05, 4.69) is 10.1 Å². The summed E-state index contributed by atoms with van der Waals surface area (Å²) >= 11 is 18.3. The summed E-state index contributed by atoms with van der Waals surface area (Å²) in [6.07, 6.45) is 1.60. The van der Waals surface area contributed by atoms with Gasteiger partial charge in [0, 0.05) is 27.1 Å². The van der Waals surface area contributed by atoms with Crippen LogP contribution in [-0.4, -0.2) is 33.7 Å². The third-order valence-electron chi connectivity index (χ3n) is 4.24. The van der Waals surface area contributed by atoms with Crippen molar-refractivity contribution >= 4 is 57.9 Å². The molecule has 2 aromatic carbocycles. The number of halogens is 3. The van der Waals surface area contributed by atoms with Crippen LogP contribution < -0.4 is 0 Å². The van der Waals surface area contributed by atoms with Crippen molar-refractivity contribution in [3.63, 3.8) is 0 Å². The minimum absolute atomic E-state index is 0.0557. The van der Waals surface area contributed by atoms with E-state index in [0.717, 1.165) is 11.1 Å². The molecule has 2 aliphatic heterocycles. The Morgan fingerprint density at radius 2 is 1.67 bits per heavy atom. The van der Waals surface area contributed by atoms with E-state index in [9.17, 15) is 9.90 Å². The van der Waals surface area contributed by atoms with Crippen LogP contribution in [-0.2, 0) is 4.79 Å². The summed E-state index contributed by atoms with van der Waals surface area (Å²) < 4.78 is 0. The fourth-order valence-corrected chi connectivity index (χ4v) is 3.68. The van der Waals surface area contributed by atoms with E-state index in [1.807, 2.05) is 18.2 Å². The summed E-state index contributed by atoms with van der Waals surface area (Å²) in [5, 5.41) is 16.8. The van der Waals surface area contributed by atoms with Crippen LogP contribution in [0.1, 0.15) is 17.5 Å². The zero-order valence-electron chi connectivity index (χ0n) is 13.7. The van der Waals surface area contributed by atoms with Gasteiger partial charge in [-0.2, -0.15) is 5.10 Å². The fourth-order valence-electron chi connectivity index (χ4n) is 3.03. The van der Waals surface area contributed by atoms with Gasteiger partial charge >= 0.3 is 5.97 Å². The molecule has 0 spiro atoms. The minimum atomic E-state index is -1.06. The maximum absolute atomic E-state index is 11.4. The van der Waals surface area contributed by atoms with Crippen LogP contribution >= 0.6 is 34.8 Å². The van der Waals surface area contributed by atoms with Gasteiger partial charge < -0.3 is 5.11 Å². The van der Waals surface area contributed by atoms with E-state index in [-0.39, 0.29) is 12.1 Å². The number of hydrazone groups is 1. The van der Waals surface area contributed by atoms with Crippen LogP contribution in [0, 0.1) is 0 Å². The Labute approximate surface area is 170 Å². The molecule has 136 valence electrons. The second-order valence-electron chi connectivity index (χ2n) is 6.09. The molecule has 2 aliphatic rings. The molecule has 0 aliphatic carbocycles. The molecule has 0 saturated carbocycles. The van der Waals surface area contributed by atoms with Gasteiger partial charge in [0.15, 0.2) is 0 Å². The maximum atomic E-state index is 11.4. The van der Waals surface area contributed by atoms with Gasteiger partial charge in [-0.3, -0.25) is 4.99 Å². The van der Waals surface area contributed by atoms with Gasteiger partial charge in [0.2, 0.25) is 0 Å². The van der Waals surface area contributed by atoms with Gasteiger partial charge in [0.25, 0.3) is 0 Å². The normalized spacial score (nSPS) is 18.6. The van der Waals surface area contributed by atoms with E-state index < -0.39 is 12.1 Å². The van der Waals surface area contributed by atoms with Crippen LogP contribution in [0.5, 0.6) is 0 Å². The highest BCUT2D eigenvalue weighted by Gasteiger charge is 2.35. The number of allylic oxidation sites excluding steroid dienone is 1. The first-order valence-corrected chi connectivity index (χ1v) is 9.16. The van der Waals surface area contributed by atoms with Gasteiger partial charge in [-0.05, 0) is 42.0 Å². The predicted molar refractivity (Wildman–Crippen MR) is 108 cm³/mol. The zero-order chi connectivity index (χ0) is 19.1. The maximum Gasteiger partial charge on any atom is 0.352 e. The van der Waals surface area contributed by atoms with Crippen LogP contribution in [0.3, 0.4) is 0 Å². The summed E-state index contributed by atoms with van der Waals surface area (Å²) in [7, 11) is 0. The van der Waals surface area contributed by atoms with Gasteiger partial charge in [-0.25, -0.2) is 9.80 Å². The smallest absolute Gasteiger partial charge is 0.352 e. The lowest BCUT2D eigenvalue weighted by Gasteiger charge is -2.28. The second kappa shape index (κ2) is 7.00. The first-order valence-electron chi connectivity index (χ1n) is 8.02. The lowest BCUT2D eigenvalue weighted by molar-refractivity contribution is -0.129. The van der Waals surface area contributed by atoms with Crippen LogP contribution in [0.25, 0.3) is 5.70 Å². The number of aliphatic carboxylic acids is 1. The molecule has 0 aromatic heterocycles. The molecule has 8 heteroatoms. The Morgan fingerprint density at radius 3 is 2.30 bits per heavy atom. The van der Waals surface area contributed by atoms with Crippen molar-refractivity contribution in [1.82, 2.24) is 5.01 Å². The van der Waals surface area contributed by atoms with Crippen molar-refractivity contribution in [2.24, 2.45) is 10.1 Å². The molecule has 1 N–H and O–H groups in total. The van der Waals surface area contributed by atoms with E-state index in [4.69, 9.17) is 34.8 Å². The van der Waals surface area contributed by atoms with E-state index >= 15 is 0 Å². The molecular weight excluding hydrogens is 409 g/mol. The average molecular weight is 421 g/mol. The quantitative estimate of drug-likeness (QED) is 0.763. The fraction of sp³-hybridized carbons (Fsp3) is 0.105. The van der Waals surface area contributed by atoms with E-state index in [1.54, 1.807) is 35.3 Å². The van der Waals surface area contributed by atoms with Gasteiger partial charge in [-0.1, -0.05) is 46.9 Å². The molecule has 4 rings (SSSR count). The third kappa shape index (κ3) is 3.58. The standard InChI is InChI=1S/C19H12Cl3N3O2/c20-12-3-1-10(2-4-12)15-8-17(11-5-13(21)7-14(22)6-11)25-18(23-15)9-16(24-25)19(26)27/h1-8,18H,9H2,(H,26,27). The van der Waals surface area contributed by atoms with Crippen molar-refractivity contribution in [3.05, 3.63) is 74.7 Å². The number of hydrogen-bond donors (Lipinski definition) is 1. The molecule has 0 radical (unpaired) electrons. The average Bonchev–Trinajstić information content (AvgIpc) is 3.05. The number of carboxylic acid groups (broad SMARTS) is 1. The van der Waals surface area contributed by atoms with Crippen molar-refractivity contribution in [2.45, 2.75) is 12.6 Å². The van der Waals surface area contributed by atoms with Crippen molar-refractivity contribution in [3.8, 4) is 0 Å². The Hall–Kier alpha value is -2.34. The lowest BCUT2D eigenvalue weighted by Crippen LogP contribution is -2.29. The number of carboxylic acids is 1. The minimum Gasteiger partial charge on any atom is -0.477 e. The number of rotatable bonds is 3. The molecule has 5 nitrogen and oxygen atoms in total. The van der Waals surface area contributed by atoms with Crippen LogP contribution in [0.4, 0.5) is 0 Å². The first-order chi connectivity index (χ1) is 12.9. The largest absolute Gasteiger partial charge is 0.477 e. The number of fused-ring (bicyclic) bond motifs is 1. The molecule has 2 heterocycles. The summed E-state index contributed by atoms with van der Waals surface area (Å²) in [5.41, 5.74) is 3.05. The van der Waals surface area contributed by atoms with Crippen molar-refractivity contribution in [1.29, 1.82) is 0 Å². The number of nitrogens with zero attached hydrogens (tertiary/aromatic N) is 3. The molecule has 0 fully saturated rings. The van der Waals surface area contributed by atoms with Crippen molar-refractivity contribution in [2.75, 3.05) is 0 Å². The molecule has 1 atom stereocenters. The molecule has 0 bridgehead atoms. The highest BCUT2D eigenvalue weighted by atomic mass is 35.5. The number of carbonyl (C=O) groups is 1. The molecule has 2 aromatic rings. The van der Waals surface area contributed by atoms with Crippen LogP contribution in [0.2, 0.25) is 15.1 Å². The first kappa shape index (κ1) is 18.0. The second-order valence-corrected chi connectivity index (χ2v) is 7.40. The van der Waals surface area contributed by atoms with Crippen LogP contribution in [0.15, 0.2) is 58.6 Å². The molecular formula is C19H12Cl3N3O2. The highest BCUT2D eigenvalue weighted by Crippen LogP contribution is 2.35. The Morgan fingerprint density at radius 1 is 1.00 bits per heavy atom. The molecule has 0 amide bonds. The molecule has 0 saturated heterocycles. The lowest BCUT2D eigenvalue weighted by atomic mass is 10.0. The Kier molecular flexibility index (Phi) is 4.68. The summed E-state index contributed by atoms with van der Waals surface area (Å²) in [6, 6.07) is 12.4. The number of hydrogen-bond acceptors (Lipinski definition) is 4. The SMILES string of the molecule is O=C(O)C1=NN2C(c3cc(Cl)cc(Cl)c3)=CC(c3ccc(Cl)cc3)=NC2C1. The van der Waals surface area contributed by atoms with Crippen molar-refractivity contribution < 1.29 is 9.90 Å². The highest BCUT2D eigenvalue weighted by molar-refractivity contribution is 6.36. The van der Waals surface area contributed by atoms with E-state index in [0.29, 0.717) is 26.5 Å². The van der Waals surface area contributed by atoms with Gasteiger partial charge in [0.1, 0.15) is 11.9 Å².